The van der Waals surface area contributed by atoms with Crippen LogP contribution in [0.1, 0.15) is 32.3 Å². The third kappa shape index (κ3) is 6.80. The van der Waals surface area contributed by atoms with E-state index in [1.54, 1.807) is 0 Å². The second-order valence-corrected chi connectivity index (χ2v) is 5.90. The molecule has 124 valence electrons. The van der Waals surface area contributed by atoms with Crippen molar-refractivity contribution in [1.82, 2.24) is 10.2 Å². The molecule has 1 amide bonds. The van der Waals surface area contributed by atoms with Crippen LogP contribution in [0.4, 0.5) is 5.69 Å². The molecular weight excluding hydrogens is 278 g/mol. The van der Waals surface area contributed by atoms with Crippen LogP contribution in [0.3, 0.4) is 0 Å². The Bertz CT molecular complexity index is 475. The van der Waals surface area contributed by atoms with Crippen molar-refractivity contribution in [3.8, 4) is 5.75 Å². The van der Waals surface area contributed by atoms with Gasteiger partial charge in [-0.25, -0.2) is 0 Å². The number of hydrogen-bond acceptors (Lipinski definition) is 4. The summed E-state index contributed by atoms with van der Waals surface area (Å²) >= 11 is 0. The van der Waals surface area contributed by atoms with Gasteiger partial charge in [-0.2, -0.15) is 0 Å². The van der Waals surface area contributed by atoms with E-state index in [2.05, 4.69) is 17.1 Å². The number of nitrogens with two attached hydrogens (primary N) is 1. The van der Waals surface area contributed by atoms with E-state index in [4.69, 9.17) is 10.5 Å². The summed E-state index contributed by atoms with van der Waals surface area (Å²) in [6.07, 6.45) is 2.10. The number of nitrogens with one attached hydrogen (secondary N) is 1. The fourth-order valence-electron chi connectivity index (χ4n) is 1.93. The van der Waals surface area contributed by atoms with E-state index in [0.29, 0.717) is 30.9 Å². The highest BCUT2D eigenvalue weighted by Crippen LogP contribution is 2.23. The number of likely N-dealkylation sites (N-methyl/N-ethyl adjacent to an activating group) is 1. The molecule has 0 spiro atoms. The van der Waals surface area contributed by atoms with Crippen LogP contribution in [0.2, 0.25) is 0 Å². The van der Waals surface area contributed by atoms with Crippen molar-refractivity contribution in [2.75, 3.05) is 33.0 Å². The number of nitrogen functional groups attached to an aromatic ring is 1. The minimum Gasteiger partial charge on any atom is -0.490 e. The van der Waals surface area contributed by atoms with E-state index in [1.165, 1.54) is 0 Å². The fourth-order valence-corrected chi connectivity index (χ4v) is 1.93. The van der Waals surface area contributed by atoms with Crippen LogP contribution in [-0.2, 0) is 11.2 Å². The highest BCUT2D eigenvalue weighted by Gasteiger charge is 2.07. The molecule has 5 nitrogen and oxygen atoms in total. The number of rotatable bonds is 9. The van der Waals surface area contributed by atoms with E-state index in [0.717, 1.165) is 18.5 Å². The molecule has 5 heteroatoms. The Balaban J connectivity index is 2.46. The predicted molar refractivity (Wildman–Crippen MR) is 91.1 cm³/mol. The maximum absolute atomic E-state index is 11.8. The highest BCUT2D eigenvalue weighted by atomic mass is 16.5. The smallest absolute Gasteiger partial charge is 0.220 e. The number of aryl methyl sites for hydroxylation is 1. The molecule has 0 aliphatic carbocycles. The number of nitrogens with zero attached hydrogens (tertiary/aromatic N) is 1. The maximum Gasteiger partial charge on any atom is 0.220 e. The quantitative estimate of drug-likeness (QED) is 0.685. The molecule has 0 heterocycles. The van der Waals surface area contributed by atoms with Crippen LogP contribution < -0.4 is 15.8 Å². The number of carbonyl (C=O) groups excluding carboxylic acids is 1. The van der Waals surface area contributed by atoms with Gasteiger partial charge in [0.1, 0.15) is 12.4 Å². The first-order chi connectivity index (χ1) is 10.4. The molecule has 0 fully saturated rings. The zero-order valence-corrected chi connectivity index (χ0v) is 14.2. The molecule has 0 bridgehead atoms. The standard InChI is InChI=1S/C17H29N3O2/c1-5-13(2)19-17(21)9-7-14-6-8-16(15(18)12-14)22-11-10-20(3)4/h6,8,12-13H,5,7,9-11,18H2,1-4H3,(H,19,21). The molecule has 0 aliphatic rings. The molecule has 1 unspecified atom stereocenters. The van der Waals surface area contributed by atoms with Crippen molar-refractivity contribution in [2.24, 2.45) is 0 Å². The minimum atomic E-state index is 0.0826. The number of carbonyl (C=O) groups is 1. The van der Waals surface area contributed by atoms with Gasteiger partial charge in [0.2, 0.25) is 5.91 Å². The zero-order chi connectivity index (χ0) is 16.5. The summed E-state index contributed by atoms with van der Waals surface area (Å²) in [5, 5.41) is 2.96. The van der Waals surface area contributed by atoms with Crippen molar-refractivity contribution >= 4 is 11.6 Å². The van der Waals surface area contributed by atoms with E-state index >= 15 is 0 Å². The molecule has 0 saturated heterocycles. The zero-order valence-electron chi connectivity index (χ0n) is 14.2. The molecule has 1 aromatic rings. The lowest BCUT2D eigenvalue weighted by atomic mass is 10.1. The summed E-state index contributed by atoms with van der Waals surface area (Å²) < 4.78 is 5.65. The van der Waals surface area contributed by atoms with E-state index in [1.807, 2.05) is 39.2 Å². The first-order valence-electron chi connectivity index (χ1n) is 7.87. The monoisotopic (exact) mass is 307 g/mol. The minimum absolute atomic E-state index is 0.0826. The van der Waals surface area contributed by atoms with Gasteiger partial charge < -0.3 is 20.7 Å². The number of anilines is 1. The van der Waals surface area contributed by atoms with Gasteiger partial charge >= 0.3 is 0 Å². The van der Waals surface area contributed by atoms with Crippen LogP contribution in [0.5, 0.6) is 5.75 Å². The van der Waals surface area contributed by atoms with Gasteiger partial charge in [0.25, 0.3) is 0 Å². The molecule has 0 aromatic heterocycles. The first kappa shape index (κ1) is 18.3. The molecular formula is C17H29N3O2. The molecule has 1 atom stereocenters. The molecule has 1 aromatic carbocycles. The van der Waals surface area contributed by atoms with Gasteiger partial charge in [0, 0.05) is 19.0 Å². The molecule has 1 rings (SSSR count). The lowest BCUT2D eigenvalue weighted by molar-refractivity contribution is -0.121. The van der Waals surface area contributed by atoms with Gasteiger partial charge in [-0.1, -0.05) is 13.0 Å². The Morgan fingerprint density at radius 2 is 2.14 bits per heavy atom. The molecule has 0 radical (unpaired) electrons. The Labute approximate surface area is 133 Å². The molecule has 22 heavy (non-hydrogen) atoms. The van der Waals surface area contributed by atoms with Crippen LogP contribution in [0, 0.1) is 0 Å². The van der Waals surface area contributed by atoms with E-state index < -0.39 is 0 Å². The largest absolute Gasteiger partial charge is 0.490 e. The van der Waals surface area contributed by atoms with Crippen LogP contribution in [0.25, 0.3) is 0 Å². The second kappa shape index (κ2) is 9.30. The van der Waals surface area contributed by atoms with Crippen LogP contribution >= 0.6 is 0 Å². The Morgan fingerprint density at radius 1 is 1.41 bits per heavy atom. The Hall–Kier alpha value is -1.75. The first-order valence-corrected chi connectivity index (χ1v) is 7.87. The lowest BCUT2D eigenvalue weighted by Crippen LogP contribution is -2.32. The Kier molecular flexibility index (Phi) is 7.74. The third-order valence-electron chi connectivity index (χ3n) is 3.53. The summed E-state index contributed by atoms with van der Waals surface area (Å²) in [7, 11) is 4.00. The normalized spacial score (nSPS) is 12.2. The average molecular weight is 307 g/mol. The third-order valence-corrected chi connectivity index (χ3v) is 3.53. The van der Waals surface area contributed by atoms with Crippen molar-refractivity contribution in [1.29, 1.82) is 0 Å². The van der Waals surface area contributed by atoms with Gasteiger partial charge in [-0.05, 0) is 51.6 Å². The number of hydrogen-bond donors (Lipinski definition) is 2. The molecule has 0 saturated carbocycles. The van der Waals surface area contributed by atoms with Gasteiger partial charge in [-0.3, -0.25) is 4.79 Å². The van der Waals surface area contributed by atoms with Gasteiger partial charge in [0.15, 0.2) is 0 Å². The summed E-state index contributed by atoms with van der Waals surface area (Å²) in [6.45, 7) is 5.52. The number of benzene rings is 1. The number of ether oxygens (including phenoxy) is 1. The second-order valence-electron chi connectivity index (χ2n) is 5.90. The van der Waals surface area contributed by atoms with Crippen molar-refractivity contribution in [2.45, 2.75) is 39.2 Å². The van der Waals surface area contributed by atoms with Crippen molar-refractivity contribution in [3.05, 3.63) is 23.8 Å². The molecule has 0 aliphatic heterocycles. The van der Waals surface area contributed by atoms with Crippen LogP contribution in [0.15, 0.2) is 18.2 Å². The van der Waals surface area contributed by atoms with E-state index in [9.17, 15) is 4.79 Å². The van der Waals surface area contributed by atoms with Gasteiger partial charge in [-0.15, -0.1) is 0 Å². The van der Waals surface area contributed by atoms with E-state index in [-0.39, 0.29) is 11.9 Å². The fraction of sp³-hybridized carbons (Fsp3) is 0.588. The average Bonchev–Trinajstić information content (AvgIpc) is 2.46. The maximum atomic E-state index is 11.8. The number of amides is 1. The highest BCUT2D eigenvalue weighted by molar-refractivity contribution is 5.76. The molecule has 3 N–H and O–H groups in total. The Morgan fingerprint density at radius 3 is 2.73 bits per heavy atom. The summed E-state index contributed by atoms with van der Waals surface area (Å²) in [5.41, 5.74) is 7.68. The van der Waals surface area contributed by atoms with Crippen molar-refractivity contribution in [3.63, 3.8) is 0 Å². The lowest BCUT2D eigenvalue weighted by Gasteiger charge is -2.14. The summed E-state index contributed by atoms with van der Waals surface area (Å²) in [4.78, 5) is 13.8. The predicted octanol–water partition coefficient (Wildman–Crippen LogP) is 2.06. The summed E-state index contributed by atoms with van der Waals surface area (Å²) in [6, 6.07) is 5.97. The SMILES string of the molecule is CCC(C)NC(=O)CCc1ccc(OCCN(C)C)c(N)c1. The summed E-state index contributed by atoms with van der Waals surface area (Å²) in [5.74, 6) is 0.786. The van der Waals surface area contributed by atoms with Crippen LogP contribution in [-0.4, -0.2) is 44.1 Å². The van der Waals surface area contributed by atoms with Crippen molar-refractivity contribution < 1.29 is 9.53 Å². The topological polar surface area (TPSA) is 67.6 Å². The van der Waals surface area contributed by atoms with Gasteiger partial charge in [0.05, 0.1) is 5.69 Å².